The van der Waals surface area contributed by atoms with Crippen LogP contribution in [0.25, 0.3) is 11.3 Å². The molecule has 5 rings (SSSR count). The Morgan fingerprint density at radius 2 is 1.72 bits per heavy atom. The Labute approximate surface area is 219 Å². The fourth-order valence-electron chi connectivity index (χ4n) is 4.51. The second-order valence-electron chi connectivity index (χ2n) is 9.43. The number of fused-ring (bicyclic) bond motifs is 1. The van der Waals surface area contributed by atoms with Gasteiger partial charge >= 0.3 is 24.0 Å². The highest BCUT2D eigenvalue weighted by molar-refractivity contribution is 6.04. The molecule has 7 nitrogen and oxygen atoms in total. The lowest BCUT2D eigenvalue weighted by Crippen LogP contribution is -2.42. The molecule has 0 radical (unpaired) electrons. The van der Waals surface area contributed by atoms with Crippen molar-refractivity contribution in [2.75, 3.05) is 28.7 Å². The Kier molecular flexibility index (Phi) is 6.27. The zero-order valence-corrected chi connectivity index (χ0v) is 20.7. The fraction of sp³-hybridized carbons (Fsp3) is 0.308. The van der Waals surface area contributed by atoms with E-state index in [-0.39, 0.29) is 28.3 Å². The van der Waals surface area contributed by atoms with Crippen LogP contribution in [-0.2, 0) is 11.8 Å². The quantitative estimate of drug-likeness (QED) is 0.352. The van der Waals surface area contributed by atoms with Gasteiger partial charge in [-0.3, -0.25) is 4.90 Å². The number of halogens is 6. The number of alkyl halides is 6. The third-order valence-electron chi connectivity index (χ3n) is 6.73. The van der Waals surface area contributed by atoms with Crippen molar-refractivity contribution in [3.05, 3.63) is 71.8 Å². The van der Waals surface area contributed by atoms with Gasteiger partial charge in [0.05, 0.1) is 16.9 Å². The highest BCUT2D eigenvalue weighted by Gasteiger charge is 2.65. The number of aromatic nitrogens is 1. The molecule has 0 spiro atoms. The zero-order chi connectivity index (χ0) is 28.2. The standard InChI is InChI=1S/C26H22F6N6O/c1-15-11-12-37(2)21-10-9-20(16-5-3-7-18(13-16)25(27,28)29)34-22(21)38(15)23(39)33-19-8-4-6-17(14-19)24(35-36-24)26(30,31)32/h3-10,13-15H,11-12H2,1-2H3,(H,33,39)/t15-/m1/s1. The van der Waals surface area contributed by atoms with Gasteiger partial charge in [-0.05, 0) is 49.7 Å². The van der Waals surface area contributed by atoms with Crippen molar-refractivity contribution in [1.29, 1.82) is 0 Å². The molecule has 2 aliphatic rings. The van der Waals surface area contributed by atoms with Crippen LogP contribution < -0.4 is 15.1 Å². The van der Waals surface area contributed by atoms with Crippen LogP contribution in [-0.4, -0.2) is 36.8 Å². The Morgan fingerprint density at radius 3 is 2.38 bits per heavy atom. The third kappa shape index (κ3) is 4.88. The first-order valence-corrected chi connectivity index (χ1v) is 11.9. The lowest BCUT2D eigenvalue weighted by molar-refractivity contribution is -0.166. The zero-order valence-electron chi connectivity index (χ0n) is 20.7. The van der Waals surface area contributed by atoms with E-state index in [9.17, 15) is 31.1 Å². The number of benzene rings is 2. The molecule has 2 amide bonds. The smallest absolute Gasteiger partial charge is 0.372 e. The largest absolute Gasteiger partial charge is 0.442 e. The fourth-order valence-corrected chi connectivity index (χ4v) is 4.51. The average Bonchev–Trinajstić information content (AvgIpc) is 3.70. The lowest BCUT2D eigenvalue weighted by Gasteiger charge is -2.28. The minimum atomic E-state index is -4.72. The molecule has 0 bridgehead atoms. The van der Waals surface area contributed by atoms with Crippen LogP contribution in [0.4, 0.5) is 48.3 Å². The average molecular weight is 548 g/mol. The van der Waals surface area contributed by atoms with E-state index < -0.39 is 35.7 Å². The summed E-state index contributed by atoms with van der Waals surface area (Å²) >= 11 is 0. The third-order valence-corrected chi connectivity index (χ3v) is 6.73. The van der Waals surface area contributed by atoms with Crippen LogP contribution in [0.2, 0.25) is 0 Å². The molecular weight excluding hydrogens is 526 g/mol. The molecule has 3 aromatic rings. The van der Waals surface area contributed by atoms with E-state index >= 15 is 0 Å². The first-order valence-electron chi connectivity index (χ1n) is 11.9. The molecule has 2 aliphatic heterocycles. The molecule has 0 saturated carbocycles. The number of carbonyl (C=O) groups excluding carboxylic acids is 1. The predicted octanol–water partition coefficient (Wildman–Crippen LogP) is 7.22. The van der Waals surface area contributed by atoms with Gasteiger partial charge in [0.15, 0.2) is 5.82 Å². The summed E-state index contributed by atoms with van der Waals surface area (Å²) in [5, 5.41) is 9.03. The maximum absolute atomic E-state index is 13.5. The summed E-state index contributed by atoms with van der Waals surface area (Å²) in [6, 6.07) is 12.1. The molecule has 0 saturated heterocycles. The number of urea groups is 1. The van der Waals surface area contributed by atoms with Crippen LogP contribution in [0, 0.1) is 0 Å². The highest BCUT2D eigenvalue weighted by atomic mass is 19.4. The number of pyridine rings is 1. The van der Waals surface area contributed by atoms with Crippen molar-refractivity contribution < 1.29 is 31.1 Å². The number of nitrogens with one attached hydrogen (secondary N) is 1. The van der Waals surface area contributed by atoms with Gasteiger partial charge in [-0.1, -0.05) is 24.3 Å². The first kappa shape index (κ1) is 26.4. The summed E-state index contributed by atoms with van der Waals surface area (Å²) in [6.07, 6.45) is -8.72. The van der Waals surface area contributed by atoms with E-state index in [1.165, 1.54) is 35.2 Å². The van der Waals surface area contributed by atoms with E-state index in [0.717, 1.165) is 18.2 Å². The number of carbonyl (C=O) groups is 1. The van der Waals surface area contributed by atoms with Crippen molar-refractivity contribution in [1.82, 2.24) is 4.98 Å². The van der Waals surface area contributed by atoms with Crippen LogP contribution in [0.1, 0.15) is 24.5 Å². The SMILES string of the molecule is C[C@@H]1CCN(C)c2ccc(-c3cccc(C(F)(F)F)c3)nc2N1C(=O)Nc1cccc(C2(C(F)(F)F)N=N2)c1. The summed E-state index contributed by atoms with van der Waals surface area (Å²) in [6.45, 7) is 2.35. The molecule has 39 heavy (non-hydrogen) atoms. The molecule has 1 N–H and O–H groups in total. The van der Waals surface area contributed by atoms with Gasteiger partial charge in [-0.2, -0.15) is 26.3 Å². The minimum Gasteiger partial charge on any atom is -0.372 e. The summed E-state index contributed by atoms with van der Waals surface area (Å²) in [5.74, 6) is 0.213. The van der Waals surface area contributed by atoms with Crippen LogP contribution >= 0.6 is 0 Å². The molecule has 3 heterocycles. The monoisotopic (exact) mass is 548 g/mol. The van der Waals surface area contributed by atoms with E-state index in [2.05, 4.69) is 20.5 Å². The normalized spacial score (nSPS) is 18.4. The molecule has 1 atom stereocenters. The number of amides is 2. The topological polar surface area (TPSA) is 73.2 Å². The highest BCUT2D eigenvalue weighted by Crippen LogP contribution is 2.52. The molecule has 1 aromatic heterocycles. The number of nitrogens with zero attached hydrogens (tertiary/aromatic N) is 5. The number of anilines is 3. The number of hydrogen-bond acceptors (Lipinski definition) is 5. The molecule has 2 aromatic carbocycles. The van der Waals surface area contributed by atoms with E-state index in [0.29, 0.717) is 18.7 Å². The maximum Gasteiger partial charge on any atom is 0.442 e. The predicted molar refractivity (Wildman–Crippen MR) is 133 cm³/mol. The summed E-state index contributed by atoms with van der Waals surface area (Å²) in [5.41, 5.74) is -2.59. The Hall–Kier alpha value is -4.16. The lowest BCUT2D eigenvalue weighted by atomic mass is 10.0. The molecule has 204 valence electrons. The molecule has 0 aliphatic carbocycles. The van der Waals surface area contributed by atoms with Gasteiger partial charge in [0, 0.05) is 36.4 Å². The molecule has 13 heteroatoms. The van der Waals surface area contributed by atoms with E-state index in [1.54, 1.807) is 26.1 Å². The van der Waals surface area contributed by atoms with E-state index in [4.69, 9.17) is 0 Å². The maximum atomic E-state index is 13.5. The Bertz CT molecular complexity index is 1450. The van der Waals surface area contributed by atoms with Gasteiger partial charge in [-0.25, -0.2) is 9.78 Å². The summed E-state index contributed by atoms with van der Waals surface area (Å²) in [7, 11) is 1.81. The van der Waals surface area contributed by atoms with Crippen molar-refractivity contribution in [3.8, 4) is 11.3 Å². The van der Waals surface area contributed by atoms with Crippen molar-refractivity contribution >= 4 is 23.2 Å². The van der Waals surface area contributed by atoms with E-state index in [1.807, 2.05) is 4.90 Å². The van der Waals surface area contributed by atoms with Crippen molar-refractivity contribution in [2.24, 2.45) is 10.2 Å². The van der Waals surface area contributed by atoms with Crippen LogP contribution in [0.15, 0.2) is 70.9 Å². The Morgan fingerprint density at radius 1 is 1.00 bits per heavy atom. The first-order chi connectivity index (χ1) is 18.3. The van der Waals surface area contributed by atoms with Gasteiger partial charge in [-0.15, -0.1) is 10.2 Å². The molecular formula is C26H22F6N6O. The number of hydrogen-bond donors (Lipinski definition) is 1. The van der Waals surface area contributed by atoms with Gasteiger partial charge in [0.2, 0.25) is 0 Å². The van der Waals surface area contributed by atoms with Crippen LogP contribution in [0.5, 0.6) is 0 Å². The van der Waals surface area contributed by atoms with Gasteiger partial charge < -0.3 is 10.2 Å². The molecule has 0 unspecified atom stereocenters. The summed E-state index contributed by atoms with van der Waals surface area (Å²) in [4.78, 5) is 21.4. The second-order valence-corrected chi connectivity index (χ2v) is 9.43. The summed E-state index contributed by atoms with van der Waals surface area (Å²) < 4.78 is 80.3. The minimum absolute atomic E-state index is 0.0961. The second kappa shape index (κ2) is 9.24. The molecule has 0 fully saturated rings. The Balaban J connectivity index is 1.50. The number of rotatable bonds is 3. The van der Waals surface area contributed by atoms with Crippen LogP contribution in [0.3, 0.4) is 0 Å². The van der Waals surface area contributed by atoms with Crippen molar-refractivity contribution in [2.45, 2.75) is 37.4 Å². The van der Waals surface area contributed by atoms with Gasteiger partial charge in [0.1, 0.15) is 0 Å². The van der Waals surface area contributed by atoms with Gasteiger partial charge in [0.25, 0.3) is 0 Å². The van der Waals surface area contributed by atoms with Crippen molar-refractivity contribution in [3.63, 3.8) is 0 Å².